The molecule has 33 heavy (non-hydrogen) atoms. The standard InChI is InChI=1S/C25H22F3N3O2/c1-24(15-33-16-24)8-7-22(32)18(12-29)11-19-14-31(23-21(19)6-3-9-30-23)13-17-4-2-5-20(10-17)25(26,27)28/h2-6,9-11,14H,7-8,13,15-16H2,1H3/b18-11+. The maximum atomic E-state index is 13.1. The molecule has 170 valence electrons. The third-order valence-electron chi connectivity index (χ3n) is 5.85. The molecule has 0 saturated carbocycles. The summed E-state index contributed by atoms with van der Waals surface area (Å²) in [5.74, 6) is -0.242. The van der Waals surface area contributed by atoms with Crippen LogP contribution in [0.3, 0.4) is 0 Å². The van der Waals surface area contributed by atoms with E-state index in [9.17, 15) is 23.2 Å². The van der Waals surface area contributed by atoms with Crippen LogP contribution in [0, 0.1) is 16.7 Å². The summed E-state index contributed by atoms with van der Waals surface area (Å²) in [5, 5.41) is 10.3. The van der Waals surface area contributed by atoms with Crippen molar-refractivity contribution in [2.24, 2.45) is 5.41 Å². The fraction of sp³-hybridized carbons (Fsp3) is 0.320. The average Bonchev–Trinajstić information content (AvgIpc) is 3.11. The quantitative estimate of drug-likeness (QED) is 0.355. The van der Waals surface area contributed by atoms with E-state index in [0.29, 0.717) is 41.8 Å². The molecule has 1 fully saturated rings. The largest absolute Gasteiger partial charge is 0.416 e. The van der Waals surface area contributed by atoms with Gasteiger partial charge in [-0.2, -0.15) is 18.4 Å². The summed E-state index contributed by atoms with van der Waals surface area (Å²) in [7, 11) is 0. The molecule has 1 aliphatic heterocycles. The molecule has 3 heterocycles. The first kappa shape index (κ1) is 22.7. The minimum Gasteiger partial charge on any atom is -0.380 e. The Morgan fingerprint density at radius 3 is 2.76 bits per heavy atom. The van der Waals surface area contributed by atoms with Crippen LogP contribution in [0.25, 0.3) is 17.1 Å². The van der Waals surface area contributed by atoms with Crippen molar-refractivity contribution in [3.05, 3.63) is 71.1 Å². The molecule has 0 bridgehead atoms. The van der Waals surface area contributed by atoms with Crippen molar-refractivity contribution in [2.45, 2.75) is 32.5 Å². The summed E-state index contributed by atoms with van der Waals surface area (Å²) in [6, 6.07) is 10.7. The molecular formula is C25H22F3N3O2. The third kappa shape index (κ3) is 4.99. The fourth-order valence-electron chi connectivity index (χ4n) is 3.90. The van der Waals surface area contributed by atoms with Gasteiger partial charge in [-0.05, 0) is 42.3 Å². The third-order valence-corrected chi connectivity index (χ3v) is 5.85. The second-order valence-corrected chi connectivity index (χ2v) is 8.68. The van der Waals surface area contributed by atoms with Gasteiger partial charge in [-0.25, -0.2) is 4.98 Å². The summed E-state index contributed by atoms with van der Waals surface area (Å²) in [6.45, 7) is 3.44. The maximum Gasteiger partial charge on any atom is 0.416 e. The summed E-state index contributed by atoms with van der Waals surface area (Å²) < 4.78 is 46.2. The van der Waals surface area contributed by atoms with Crippen LogP contribution in [0.2, 0.25) is 0 Å². The highest BCUT2D eigenvalue weighted by Crippen LogP contribution is 2.33. The Hall–Kier alpha value is -3.44. The molecule has 0 N–H and O–H groups in total. The smallest absolute Gasteiger partial charge is 0.380 e. The van der Waals surface area contributed by atoms with E-state index in [4.69, 9.17) is 4.74 Å². The molecule has 0 amide bonds. The lowest BCUT2D eigenvalue weighted by atomic mass is 9.82. The van der Waals surface area contributed by atoms with Crippen molar-refractivity contribution < 1.29 is 22.7 Å². The van der Waals surface area contributed by atoms with Gasteiger partial charge in [0.2, 0.25) is 0 Å². The van der Waals surface area contributed by atoms with Gasteiger partial charge in [0.05, 0.1) is 24.4 Å². The van der Waals surface area contributed by atoms with Crippen LogP contribution in [0.1, 0.15) is 36.5 Å². The lowest BCUT2D eigenvalue weighted by Gasteiger charge is -2.37. The van der Waals surface area contributed by atoms with Crippen molar-refractivity contribution in [2.75, 3.05) is 13.2 Å². The Morgan fingerprint density at radius 1 is 1.30 bits per heavy atom. The predicted octanol–water partition coefficient (Wildman–Crippen LogP) is 5.40. The molecule has 2 aromatic heterocycles. The van der Waals surface area contributed by atoms with Crippen molar-refractivity contribution in [3.63, 3.8) is 0 Å². The number of halogens is 3. The number of Topliss-reactive ketones (excluding diaryl/α,β-unsaturated/α-hetero) is 1. The molecule has 0 spiro atoms. The van der Waals surface area contributed by atoms with Crippen LogP contribution in [0.15, 0.2) is 54.4 Å². The number of aromatic nitrogens is 2. The highest BCUT2D eigenvalue weighted by Gasteiger charge is 2.33. The number of carbonyl (C=O) groups excluding carboxylic acids is 1. The first-order chi connectivity index (χ1) is 15.7. The second-order valence-electron chi connectivity index (χ2n) is 8.68. The molecule has 0 aliphatic carbocycles. The second kappa shape index (κ2) is 8.83. The molecule has 8 heteroatoms. The number of fused-ring (bicyclic) bond motifs is 1. The summed E-state index contributed by atoms with van der Waals surface area (Å²) in [6.07, 6.45) is 1.31. The number of nitrogens with zero attached hydrogens (tertiary/aromatic N) is 3. The molecule has 4 rings (SSSR count). The molecule has 1 aliphatic rings. The van der Waals surface area contributed by atoms with Gasteiger partial charge in [0.1, 0.15) is 11.7 Å². The Kier molecular flexibility index (Phi) is 6.09. The zero-order valence-corrected chi connectivity index (χ0v) is 18.0. The Labute approximate surface area is 189 Å². The highest BCUT2D eigenvalue weighted by molar-refractivity contribution is 6.05. The minimum absolute atomic E-state index is 0.0267. The van der Waals surface area contributed by atoms with Crippen molar-refractivity contribution >= 4 is 22.9 Å². The van der Waals surface area contributed by atoms with Gasteiger partial charge < -0.3 is 9.30 Å². The van der Waals surface area contributed by atoms with Crippen molar-refractivity contribution in [1.29, 1.82) is 5.26 Å². The molecule has 1 aromatic carbocycles. The zero-order valence-electron chi connectivity index (χ0n) is 18.0. The van der Waals surface area contributed by atoms with Gasteiger partial charge in [-0.3, -0.25) is 4.79 Å². The van der Waals surface area contributed by atoms with Gasteiger partial charge in [-0.1, -0.05) is 19.1 Å². The van der Waals surface area contributed by atoms with Crippen LogP contribution in [-0.2, 0) is 22.3 Å². The zero-order chi connectivity index (χ0) is 23.6. The van der Waals surface area contributed by atoms with Crippen LogP contribution >= 0.6 is 0 Å². The number of ether oxygens (including phenoxy) is 1. The van der Waals surface area contributed by atoms with Crippen molar-refractivity contribution in [1.82, 2.24) is 9.55 Å². The van der Waals surface area contributed by atoms with Crippen LogP contribution in [0.5, 0.6) is 0 Å². The molecule has 0 unspecified atom stereocenters. The number of hydrogen-bond acceptors (Lipinski definition) is 4. The topological polar surface area (TPSA) is 67.9 Å². The number of ketones is 1. The Bertz CT molecular complexity index is 1260. The Balaban J connectivity index is 1.63. The summed E-state index contributed by atoms with van der Waals surface area (Å²) >= 11 is 0. The molecular weight excluding hydrogens is 431 g/mol. The first-order valence-corrected chi connectivity index (χ1v) is 10.5. The molecule has 0 atom stereocenters. The molecule has 1 saturated heterocycles. The van der Waals surface area contributed by atoms with Crippen LogP contribution in [-0.4, -0.2) is 28.5 Å². The van der Waals surface area contributed by atoms with E-state index < -0.39 is 11.7 Å². The number of nitriles is 1. The van der Waals surface area contributed by atoms with E-state index in [1.807, 2.05) is 19.1 Å². The predicted molar refractivity (Wildman–Crippen MR) is 117 cm³/mol. The van der Waals surface area contributed by atoms with E-state index in [-0.39, 0.29) is 29.7 Å². The van der Waals surface area contributed by atoms with E-state index >= 15 is 0 Å². The number of carbonyl (C=O) groups is 1. The first-order valence-electron chi connectivity index (χ1n) is 10.5. The molecule has 5 nitrogen and oxygen atoms in total. The fourth-order valence-corrected chi connectivity index (χ4v) is 3.90. The van der Waals surface area contributed by atoms with E-state index in [1.165, 1.54) is 12.1 Å². The summed E-state index contributed by atoms with van der Waals surface area (Å²) in [4.78, 5) is 17.0. The van der Waals surface area contributed by atoms with Crippen molar-refractivity contribution in [3.8, 4) is 6.07 Å². The lowest BCUT2D eigenvalue weighted by Crippen LogP contribution is -2.39. The van der Waals surface area contributed by atoms with Gasteiger partial charge in [0, 0.05) is 41.7 Å². The highest BCUT2D eigenvalue weighted by atomic mass is 19.4. The van der Waals surface area contributed by atoms with Crippen LogP contribution in [0.4, 0.5) is 13.2 Å². The van der Waals surface area contributed by atoms with E-state index in [1.54, 1.807) is 29.1 Å². The number of benzene rings is 1. The number of rotatable bonds is 7. The monoisotopic (exact) mass is 453 g/mol. The summed E-state index contributed by atoms with van der Waals surface area (Å²) in [5.41, 5.74) is 0.947. The lowest BCUT2D eigenvalue weighted by molar-refractivity contribution is -0.137. The van der Waals surface area contributed by atoms with Gasteiger partial charge in [0.25, 0.3) is 0 Å². The van der Waals surface area contributed by atoms with E-state index in [0.717, 1.165) is 12.1 Å². The SMILES string of the molecule is CC1(CCC(=O)/C(C#N)=C/c2cn(Cc3cccc(C(F)(F)F)c3)c3ncccc23)COC1. The normalized spacial score (nSPS) is 15.8. The minimum atomic E-state index is -4.42. The molecule has 0 radical (unpaired) electrons. The maximum absolute atomic E-state index is 13.1. The Morgan fingerprint density at radius 2 is 2.09 bits per heavy atom. The van der Waals surface area contributed by atoms with Gasteiger partial charge in [0.15, 0.2) is 5.78 Å². The van der Waals surface area contributed by atoms with E-state index in [2.05, 4.69) is 4.98 Å². The number of hydrogen-bond donors (Lipinski definition) is 0. The van der Waals surface area contributed by atoms with Gasteiger partial charge >= 0.3 is 6.18 Å². The number of alkyl halides is 3. The molecule has 3 aromatic rings. The number of allylic oxidation sites excluding steroid dienone is 1. The average molecular weight is 453 g/mol. The van der Waals surface area contributed by atoms with Crippen LogP contribution < -0.4 is 0 Å². The number of pyridine rings is 1. The van der Waals surface area contributed by atoms with Gasteiger partial charge in [-0.15, -0.1) is 0 Å².